The van der Waals surface area contributed by atoms with Crippen molar-refractivity contribution < 1.29 is 14.0 Å². The van der Waals surface area contributed by atoms with Crippen molar-refractivity contribution in [3.05, 3.63) is 65.2 Å². The van der Waals surface area contributed by atoms with Crippen LogP contribution in [0.2, 0.25) is 0 Å². The molecule has 0 amide bonds. The fourth-order valence-electron chi connectivity index (χ4n) is 3.89. The molecular formula is C25H23BN2O3S. The van der Waals surface area contributed by atoms with Crippen molar-refractivity contribution in [1.82, 2.24) is 4.98 Å². The first-order valence-electron chi connectivity index (χ1n) is 10.6. The molecule has 0 unspecified atom stereocenters. The molecule has 0 bridgehead atoms. The highest BCUT2D eigenvalue weighted by atomic mass is 32.1. The summed E-state index contributed by atoms with van der Waals surface area (Å²) in [6, 6.07) is 20.3. The number of aromatic nitrogens is 1. The Morgan fingerprint density at radius 1 is 1.00 bits per heavy atom. The molecule has 7 heteroatoms. The molecule has 1 fully saturated rings. The fraction of sp³-hybridized carbons (Fsp3) is 0.280. The van der Waals surface area contributed by atoms with Crippen molar-refractivity contribution in [2.45, 2.75) is 45.5 Å². The van der Waals surface area contributed by atoms with Crippen molar-refractivity contribution >= 4 is 44.9 Å². The minimum Gasteiger partial charge on any atom is -0.489 e. The zero-order valence-corrected chi connectivity index (χ0v) is 19.3. The minimum absolute atomic E-state index is 0.389. The second kappa shape index (κ2) is 7.59. The molecule has 0 spiro atoms. The highest BCUT2D eigenvalue weighted by molar-refractivity contribution is 7.19. The van der Waals surface area contributed by atoms with Crippen LogP contribution in [0, 0.1) is 11.3 Å². The van der Waals surface area contributed by atoms with Crippen LogP contribution in [0.3, 0.4) is 0 Å². The van der Waals surface area contributed by atoms with E-state index in [1.54, 1.807) is 0 Å². The maximum absolute atomic E-state index is 9.07. The highest BCUT2D eigenvalue weighted by Gasteiger charge is 2.52. The molecule has 0 N–H and O–H groups in total. The largest absolute Gasteiger partial charge is 0.495 e. The molecule has 1 aromatic heterocycles. The van der Waals surface area contributed by atoms with Crippen LogP contribution in [0.5, 0.6) is 5.75 Å². The van der Waals surface area contributed by atoms with E-state index in [4.69, 9.17) is 19.3 Å². The molecule has 1 aliphatic heterocycles. The van der Waals surface area contributed by atoms with Gasteiger partial charge in [0.2, 0.25) is 0 Å². The number of hydrogen-bond acceptors (Lipinski definition) is 6. The molecule has 0 aliphatic carbocycles. The lowest BCUT2D eigenvalue weighted by molar-refractivity contribution is 0.00578. The van der Waals surface area contributed by atoms with Crippen LogP contribution in [0.1, 0.15) is 38.3 Å². The topological polar surface area (TPSA) is 64.4 Å². The van der Waals surface area contributed by atoms with Gasteiger partial charge in [-0.1, -0.05) is 36.4 Å². The second-order valence-corrected chi connectivity index (χ2v) is 10.0. The van der Waals surface area contributed by atoms with Crippen molar-refractivity contribution in [3.63, 3.8) is 0 Å². The number of fused-ring (bicyclic) bond motifs is 2. The third kappa shape index (κ3) is 3.55. The number of benzene rings is 3. The molecular weight excluding hydrogens is 419 g/mol. The van der Waals surface area contributed by atoms with E-state index in [2.05, 4.69) is 63.0 Å². The monoisotopic (exact) mass is 442 g/mol. The minimum atomic E-state index is -0.415. The second-order valence-electron chi connectivity index (χ2n) is 9.00. The SMILES string of the molecule is CC1(C)OB(c2ccc(COc3ccc4sc(C#N)nc4c3)c3ccccc23)OC1(C)C. The summed E-state index contributed by atoms with van der Waals surface area (Å²) in [4.78, 5) is 4.33. The Morgan fingerprint density at radius 3 is 2.44 bits per heavy atom. The average Bonchev–Trinajstić information content (AvgIpc) is 3.28. The summed E-state index contributed by atoms with van der Waals surface area (Å²) in [5.41, 5.74) is 2.11. The number of nitrogens with zero attached hydrogens (tertiary/aromatic N) is 2. The van der Waals surface area contributed by atoms with Crippen LogP contribution >= 0.6 is 11.3 Å². The molecule has 4 aromatic rings. The summed E-state index contributed by atoms with van der Waals surface area (Å²) in [6.07, 6.45) is 0. The van der Waals surface area contributed by atoms with E-state index in [1.165, 1.54) is 11.3 Å². The van der Waals surface area contributed by atoms with Gasteiger partial charge in [-0.05, 0) is 61.6 Å². The zero-order chi connectivity index (χ0) is 22.5. The number of rotatable bonds is 4. The maximum Gasteiger partial charge on any atom is 0.495 e. The van der Waals surface area contributed by atoms with Gasteiger partial charge in [-0.25, -0.2) is 4.98 Å². The van der Waals surface area contributed by atoms with E-state index in [9.17, 15) is 0 Å². The Hall–Kier alpha value is -2.92. The number of ether oxygens (including phenoxy) is 1. The summed E-state index contributed by atoms with van der Waals surface area (Å²) >= 11 is 1.38. The van der Waals surface area contributed by atoms with E-state index in [0.717, 1.165) is 37.8 Å². The van der Waals surface area contributed by atoms with Gasteiger partial charge in [0.25, 0.3) is 0 Å². The van der Waals surface area contributed by atoms with Crippen LogP contribution in [0.15, 0.2) is 54.6 Å². The molecule has 0 saturated carbocycles. The summed E-state index contributed by atoms with van der Waals surface area (Å²) in [5.74, 6) is 0.728. The number of nitriles is 1. The van der Waals surface area contributed by atoms with Gasteiger partial charge >= 0.3 is 7.12 Å². The first-order valence-corrected chi connectivity index (χ1v) is 11.4. The maximum atomic E-state index is 9.07. The predicted molar refractivity (Wildman–Crippen MR) is 128 cm³/mol. The lowest BCUT2D eigenvalue weighted by Crippen LogP contribution is -2.41. The molecule has 32 heavy (non-hydrogen) atoms. The molecule has 0 atom stereocenters. The average molecular weight is 442 g/mol. The molecule has 1 saturated heterocycles. The third-order valence-corrected chi connectivity index (χ3v) is 7.35. The smallest absolute Gasteiger partial charge is 0.489 e. The van der Waals surface area contributed by atoms with Gasteiger partial charge in [0, 0.05) is 6.07 Å². The van der Waals surface area contributed by atoms with E-state index in [-0.39, 0.29) is 11.2 Å². The van der Waals surface area contributed by atoms with E-state index < -0.39 is 7.12 Å². The molecule has 5 rings (SSSR count). The summed E-state index contributed by atoms with van der Waals surface area (Å²) in [7, 11) is -0.415. The molecule has 0 radical (unpaired) electrons. The third-order valence-electron chi connectivity index (χ3n) is 6.40. The van der Waals surface area contributed by atoms with Gasteiger partial charge in [0.15, 0.2) is 5.01 Å². The van der Waals surface area contributed by atoms with Crippen LogP contribution < -0.4 is 10.2 Å². The van der Waals surface area contributed by atoms with Gasteiger partial charge in [-0.2, -0.15) is 5.26 Å². The normalized spacial score (nSPS) is 17.0. The van der Waals surface area contributed by atoms with Crippen LogP contribution in [-0.4, -0.2) is 23.3 Å². The van der Waals surface area contributed by atoms with Crippen molar-refractivity contribution in [2.24, 2.45) is 0 Å². The van der Waals surface area contributed by atoms with Crippen molar-refractivity contribution in [1.29, 1.82) is 5.26 Å². The molecule has 2 heterocycles. The Kier molecular flexibility index (Phi) is 4.97. The van der Waals surface area contributed by atoms with Crippen molar-refractivity contribution in [3.8, 4) is 11.8 Å². The fourth-order valence-corrected chi connectivity index (χ4v) is 4.64. The first-order chi connectivity index (χ1) is 15.3. The van der Waals surface area contributed by atoms with Gasteiger partial charge in [-0.3, -0.25) is 0 Å². The lowest BCUT2D eigenvalue weighted by atomic mass is 9.75. The lowest BCUT2D eigenvalue weighted by Gasteiger charge is -2.32. The first kappa shape index (κ1) is 21.0. The van der Waals surface area contributed by atoms with Gasteiger partial charge in [-0.15, -0.1) is 11.3 Å². The molecule has 160 valence electrons. The summed E-state index contributed by atoms with van der Waals surface area (Å²) in [5, 5.41) is 11.7. The molecule has 5 nitrogen and oxygen atoms in total. The zero-order valence-electron chi connectivity index (χ0n) is 18.5. The van der Waals surface area contributed by atoms with Gasteiger partial charge in [0.05, 0.1) is 21.4 Å². The standard InChI is InChI=1S/C25H23BN2O3S/c1-24(2)25(3,4)31-26(30-24)20-11-9-16(18-7-5-6-8-19(18)20)15-29-17-10-12-22-21(13-17)28-23(14-27)32-22/h5-13H,15H2,1-4H3. The number of thiazole rings is 1. The van der Waals surface area contributed by atoms with Crippen LogP contribution in [0.25, 0.3) is 21.0 Å². The Bertz CT molecular complexity index is 1360. The number of hydrogen-bond donors (Lipinski definition) is 0. The summed E-state index contributed by atoms with van der Waals surface area (Å²) < 4.78 is 19.7. The Labute approximate surface area is 191 Å². The van der Waals surface area contributed by atoms with Gasteiger partial charge in [0.1, 0.15) is 18.4 Å². The van der Waals surface area contributed by atoms with Crippen molar-refractivity contribution in [2.75, 3.05) is 0 Å². The summed E-state index contributed by atoms with van der Waals surface area (Å²) in [6.45, 7) is 8.68. The Morgan fingerprint density at radius 2 is 1.72 bits per heavy atom. The van der Waals surface area contributed by atoms with E-state index >= 15 is 0 Å². The van der Waals surface area contributed by atoms with Crippen LogP contribution in [0.4, 0.5) is 0 Å². The van der Waals surface area contributed by atoms with Crippen LogP contribution in [-0.2, 0) is 15.9 Å². The highest BCUT2D eigenvalue weighted by Crippen LogP contribution is 2.37. The Balaban J connectivity index is 1.44. The molecule has 3 aromatic carbocycles. The quantitative estimate of drug-likeness (QED) is 0.407. The van der Waals surface area contributed by atoms with E-state index in [0.29, 0.717) is 11.6 Å². The predicted octanol–water partition coefficient (Wildman–Crippen LogP) is 5.20. The van der Waals surface area contributed by atoms with Gasteiger partial charge < -0.3 is 14.0 Å². The molecule has 1 aliphatic rings. The van der Waals surface area contributed by atoms with E-state index in [1.807, 2.05) is 30.3 Å².